The van der Waals surface area contributed by atoms with Crippen molar-refractivity contribution in [2.24, 2.45) is 0 Å². The lowest BCUT2D eigenvalue weighted by Crippen LogP contribution is -2.40. The zero-order valence-electron chi connectivity index (χ0n) is 23.8. The van der Waals surface area contributed by atoms with Crippen LogP contribution in [0.3, 0.4) is 0 Å². The average Bonchev–Trinajstić information content (AvgIpc) is 3.58. The molecule has 2 aromatic carbocycles. The second kappa shape index (κ2) is 11.0. The van der Waals surface area contributed by atoms with Gasteiger partial charge in [-0.1, -0.05) is 12.1 Å². The average molecular weight is 586 g/mol. The highest BCUT2D eigenvalue weighted by Gasteiger charge is 2.25. The maximum absolute atomic E-state index is 14.0. The molecule has 0 aliphatic carbocycles. The number of hydrogen-bond donors (Lipinski definition) is 2. The second-order valence-electron chi connectivity index (χ2n) is 10.8. The molecule has 4 heterocycles. The van der Waals surface area contributed by atoms with E-state index in [0.29, 0.717) is 36.6 Å². The summed E-state index contributed by atoms with van der Waals surface area (Å²) < 4.78 is 34.8. The van der Waals surface area contributed by atoms with Crippen molar-refractivity contribution in [3.8, 4) is 17.3 Å². The Morgan fingerprint density at radius 2 is 1.88 bits per heavy atom. The van der Waals surface area contributed by atoms with Crippen molar-refractivity contribution in [1.29, 1.82) is 0 Å². The fourth-order valence-electron chi connectivity index (χ4n) is 5.32. The fraction of sp³-hybridized carbons (Fsp3) is 0.226. The summed E-state index contributed by atoms with van der Waals surface area (Å²) in [5, 5.41) is 5.21. The Hall–Kier alpha value is -5.10. The summed E-state index contributed by atoms with van der Waals surface area (Å²) in [7, 11) is 3.73. The lowest BCUT2D eigenvalue weighted by Gasteiger charge is -2.30. The van der Waals surface area contributed by atoms with Crippen LogP contribution in [-0.2, 0) is 17.8 Å². The van der Waals surface area contributed by atoms with Gasteiger partial charge in [-0.3, -0.25) is 9.59 Å². The number of amides is 1. The van der Waals surface area contributed by atoms with Crippen LogP contribution in [0.5, 0.6) is 11.6 Å². The normalized spacial score (nSPS) is 13.0. The molecule has 0 spiro atoms. The van der Waals surface area contributed by atoms with Gasteiger partial charge >= 0.3 is 0 Å². The number of ether oxygens (including phenoxy) is 1. The number of benzene rings is 2. The molecule has 12 heteroatoms. The Morgan fingerprint density at radius 3 is 2.60 bits per heavy atom. The van der Waals surface area contributed by atoms with Crippen LogP contribution in [0.4, 0.5) is 14.6 Å². The van der Waals surface area contributed by atoms with Crippen molar-refractivity contribution in [1.82, 2.24) is 29.5 Å². The number of nitrogens with one attached hydrogen (secondary N) is 1. The zero-order chi connectivity index (χ0) is 30.4. The lowest BCUT2D eigenvalue weighted by molar-refractivity contribution is -0.132. The monoisotopic (exact) mass is 585 g/mol. The number of anilines is 1. The number of carbonyl (C=O) groups is 2. The number of aromatic amines is 1. The molecule has 3 aromatic heterocycles. The van der Waals surface area contributed by atoms with Gasteiger partial charge in [0.1, 0.15) is 5.82 Å². The quantitative estimate of drug-likeness (QED) is 0.272. The number of aryl methyl sites for hydroxylation is 1. The van der Waals surface area contributed by atoms with Gasteiger partial charge in [0.15, 0.2) is 11.6 Å². The van der Waals surface area contributed by atoms with E-state index in [9.17, 15) is 18.4 Å². The second-order valence-corrected chi connectivity index (χ2v) is 10.8. The Morgan fingerprint density at radius 1 is 1.12 bits per heavy atom. The van der Waals surface area contributed by atoms with Crippen LogP contribution < -0.4 is 10.5 Å². The molecular weight excluding hydrogens is 556 g/mol. The molecule has 0 saturated heterocycles. The van der Waals surface area contributed by atoms with Gasteiger partial charge in [0.05, 0.1) is 35.9 Å². The fourth-order valence-corrected chi connectivity index (χ4v) is 5.32. The van der Waals surface area contributed by atoms with Gasteiger partial charge in [-0.05, 0) is 68.4 Å². The topological polar surface area (TPSA) is 122 Å². The Bertz CT molecular complexity index is 1880. The maximum Gasteiger partial charge on any atom is 0.237 e. The number of likely N-dealkylation sites (N-methyl/N-ethyl adjacent to an activating group) is 1. The number of nitrogens with zero attached hydrogens (tertiary/aromatic N) is 5. The molecule has 5 aromatic rings. The zero-order valence-corrected chi connectivity index (χ0v) is 23.8. The number of fused-ring (bicyclic) bond motifs is 3. The summed E-state index contributed by atoms with van der Waals surface area (Å²) in [5.41, 5.74) is 11.0. The van der Waals surface area contributed by atoms with Crippen LogP contribution in [0.15, 0.2) is 54.9 Å². The number of rotatable bonds is 7. The van der Waals surface area contributed by atoms with E-state index in [1.807, 2.05) is 36.0 Å². The number of aromatic nitrogens is 4. The number of H-pyrrole nitrogens is 1. The number of nitrogens with two attached hydrogens (primary N) is 1. The largest absolute Gasteiger partial charge is 0.433 e. The molecule has 0 bridgehead atoms. The van der Waals surface area contributed by atoms with E-state index in [2.05, 4.69) is 15.1 Å². The number of carbonyl (C=O) groups excluding carboxylic acids is 2. The third-order valence-corrected chi connectivity index (χ3v) is 7.52. The van der Waals surface area contributed by atoms with Gasteiger partial charge in [0.2, 0.25) is 23.3 Å². The molecule has 10 nitrogen and oxygen atoms in total. The smallest absolute Gasteiger partial charge is 0.237 e. The molecule has 0 saturated carbocycles. The third kappa shape index (κ3) is 5.21. The van der Waals surface area contributed by atoms with Gasteiger partial charge in [-0.15, -0.1) is 0 Å². The standard InChI is InChI=1S/C31H29F2N7O3/c1-17-11-27(43-30-22(32)5-4-6-23(30)33)35-14-26(17)40-31(34)20(13-36-40)29(42)25-12-19-21-15-39(28(41)16-38(2)3)10-9-18(21)7-8-24(19)37-25/h4-8,11-14,37H,9-10,15-16,34H2,1-3H3. The molecule has 0 fully saturated rings. The summed E-state index contributed by atoms with van der Waals surface area (Å²) in [6.07, 6.45) is 3.53. The molecule has 0 unspecified atom stereocenters. The molecule has 3 N–H and O–H groups in total. The number of para-hydroxylation sites is 1. The van der Waals surface area contributed by atoms with Crippen molar-refractivity contribution in [2.75, 3.05) is 32.9 Å². The molecule has 1 aliphatic heterocycles. The summed E-state index contributed by atoms with van der Waals surface area (Å²) in [4.78, 5) is 37.4. The van der Waals surface area contributed by atoms with Crippen LogP contribution in [0.1, 0.15) is 32.7 Å². The molecule has 1 aliphatic rings. The van der Waals surface area contributed by atoms with Crippen molar-refractivity contribution in [3.05, 3.63) is 94.4 Å². The minimum absolute atomic E-state index is 0.0179. The van der Waals surface area contributed by atoms with Crippen molar-refractivity contribution in [3.63, 3.8) is 0 Å². The van der Waals surface area contributed by atoms with E-state index in [0.717, 1.165) is 40.6 Å². The first-order chi connectivity index (χ1) is 20.6. The van der Waals surface area contributed by atoms with E-state index >= 15 is 0 Å². The molecule has 1 amide bonds. The Balaban J connectivity index is 1.26. The highest BCUT2D eigenvalue weighted by molar-refractivity contribution is 6.12. The van der Waals surface area contributed by atoms with Crippen LogP contribution in [0.25, 0.3) is 16.6 Å². The van der Waals surface area contributed by atoms with E-state index in [4.69, 9.17) is 10.5 Å². The maximum atomic E-state index is 14.0. The first kappa shape index (κ1) is 28.0. The summed E-state index contributed by atoms with van der Waals surface area (Å²) in [5.74, 6) is -2.46. The minimum atomic E-state index is -0.851. The molecule has 6 rings (SSSR count). The molecule has 0 atom stereocenters. The van der Waals surface area contributed by atoms with E-state index in [1.165, 1.54) is 29.2 Å². The lowest BCUT2D eigenvalue weighted by atomic mass is 9.96. The number of nitrogen functional groups attached to an aromatic ring is 1. The number of pyridine rings is 1. The van der Waals surface area contributed by atoms with Gasteiger partial charge < -0.3 is 25.3 Å². The van der Waals surface area contributed by atoms with Crippen molar-refractivity contribution in [2.45, 2.75) is 19.9 Å². The summed E-state index contributed by atoms with van der Waals surface area (Å²) >= 11 is 0. The SMILES string of the molecule is Cc1cc(Oc2c(F)cccc2F)ncc1-n1ncc(C(=O)c2cc3c4c(ccc3[nH]2)CCN(C(=O)CN(C)C)C4)c1N. The number of ketones is 1. The first-order valence-electron chi connectivity index (χ1n) is 13.6. The van der Waals surface area contributed by atoms with Gasteiger partial charge in [-0.2, -0.15) is 5.10 Å². The minimum Gasteiger partial charge on any atom is -0.433 e. The van der Waals surface area contributed by atoms with Crippen LogP contribution in [-0.4, -0.2) is 68.4 Å². The third-order valence-electron chi connectivity index (χ3n) is 7.52. The molecular formula is C31H29F2N7O3. The highest BCUT2D eigenvalue weighted by Crippen LogP contribution is 2.31. The Labute approximate surface area is 245 Å². The predicted octanol–water partition coefficient (Wildman–Crippen LogP) is 4.39. The van der Waals surface area contributed by atoms with Crippen LogP contribution >= 0.6 is 0 Å². The number of hydrogen-bond acceptors (Lipinski definition) is 7. The van der Waals surface area contributed by atoms with Gasteiger partial charge in [0, 0.05) is 30.1 Å². The van der Waals surface area contributed by atoms with E-state index in [1.54, 1.807) is 13.0 Å². The first-order valence-corrected chi connectivity index (χ1v) is 13.6. The van der Waals surface area contributed by atoms with E-state index < -0.39 is 17.4 Å². The Kier molecular flexibility index (Phi) is 7.14. The van der Waals surface area contributed by atoms with Crippen LogP contribution in [0.2, 0.25) is 0 Å². The van der Waals surface area contributed by atoms with E-state index in [-0.39, 0.29) is 29.0 Å². The molecule has 43 heavy (non-hydrogen) atoms. The van der Waals surface area contributed by atoms with Gasteiger partial charge in [0.25, 0.3) is 0 Å². The molecule has 220 valence electrons. The van der Waals surface area contributed by atoms with Crippen LogP contribution in [0, 0.1) is 18.6 Å². The number of halogens is 2. The van der Waals surface area contributed by atoms with Gasteiger partial charge in [-0.25, -0.2) is 18.4 Å². The van der Waals surface area contributed by atoms with Crippen molar-refractivity contribution < 1.29 is 23.1 Å². The highest BCUT2D eigenvalue weighted by atomic mass is 19.1. The van der Waals surface area contributed by atoms with Crippen molar-refractivity contribution >= 4 is 28.4 Å². The summed E-state index contributed by atoms with van der Waals surface area (Å²) in [6.45, 7) is 3.19. The predicted molar refractivity (Wildman–Crippen MR) is 156 cm³/mol. The summed E-state index contributed by atoms with van der Waals surface area (Å²) in [6, 6.07) is 10.7. The molecule has 0 radical (unpaired) electrons.